The Bertz CT molecular complexity index is 183. The molecule has 2 atom stereocenters. The van der Waals surface area contributed by atoms with Crippen LogP contribution in [-0.4, -0.2) is 25.3 Å². The second-order valence-corrected chi connectivity index (χ2v) is 5.42. The lowest BCUT2D eigenvalue weighted by molar-refractivity contribution is 0.0972. The Balaban J connectivity index is 1.72. The van der Waals surface area contributed by atoms with Gasteiger partial charge in [0.2, 0.25) is 0 Å². The molecule has 2 unspecified atom stereocenters. The number of rotatable bonds is 6. The summed E-state index contributed by atoms with van der Waals surface area (Å²) in [5, 5.41) is 3.69. The number of hydrogen-bond acceptors (Lipinski definition) is 2. The molecule has 16 heavy (non-hydrogen) atoms. The minimum absolute atomic E-state index is 0.572. The average Bonchev–Trinajstić information content (AvgIpc) is 2.96. The van der Waals surface area contributed by atoms with Crippen LogP contribution in [-0.2, 0) is 4.74 Å². The summed E-state index contributed by atoms with van der Waals surface area (Å²) in [6.07, 6.45) is 11.5. The Morgan fingerprint density at radius 1 is 1.19 bits per heavy atom. The zero-order valence-electron chi connectivity index (χ0n) is 10.7. The third-order valence-corrected chi connectivity index (χ3v) is 4.26. The summed E-state index contributed by atoms with van der Waals surface area (Å²) in [5.41, 5.74) is 0. The summed E-state index contributed by atoms with van der Waals surface area (Å²) in [4.78, 5) is 0. The fourth-order valence-corrected chi connectivity index (χ4v) is 3.36. The van der Waals surface area contributed by atoms with Crippen LogP contribution < -0.4 is 5.32 Å². The molecule has 0 radical (unpaired) electrons. The first-order valence-electron chi connectivity index (χ1n) is 7.25. The highest BCUT2D eigenvalue weighted by Gasteiger charge is 2.25. The highest BCUT2D eigenvalue weighted by molar-refractivity contribution is 4.81. The van der Waals surface area contributed by atoms with Crippen LogP contribution in [0.4, 0.5) is 0 Å². The number of ether oxygens (including phenoxy) is 1. The van der Waals surface area contributed by atoms with Crippen LogP contribution in [0.1, 0.15) is 58.3 Å². The second kappa shape index (κ2) is 6.61. The smallest absolute Gasteiger partial charge is 0.0576 e. The van der Waals surface area contributed by atoms with Crippen molar-refractivity contribution in [3.63, 3.8) is 0 Å². The van der Waals surface area contributed by atoms with Gasteiger partial charge in [0.15, 0.2) is 0 Å². The normalized spacial score (nSPS) is 28.7. The lowest BCUT2D eigenvalue weighted by Gasteiger charge is -2.25. The SMILES string of the molecule is CCNC(CCC1CCCO1)C1CCCC1. The first kappa shape index (κ1) is 12.4. The maximum atomic E-state index is 5.72. The van der Waals surface area contributed by atoms with E-state index in [1.165, 1.54) is 51.4 Å². The minimum Gasteiger partial charge on any atom is -0.378 e. The van der Waals surface area contributed by atoms with Crippen molar-refractivity contribution in [3.8, 4) is 0 Å². The van der Waals surface area contributed by atoms with E-state index in [0.717, 1.165) is 25.1 Å². The van der Waals surface area contributed by atoms with Crippen LogP contribution in [0.3, 0.4) is 0 Å². The quantitative estimate of drug-likeness (QED) is 0.750. The van der Waals surface area contributed by atoms with Crippen LogP contribution in [0.25, 0.3) is 0 Å². The Morgan fingerprint density at radius 2 is 2.00 bits per heavy atom. The maximum Gasteiger partial charge on any atom is 0.0576 e. The van der Waals surface area contributed by atoms with Crippen molar-refractivity contribution < 1.29 is 4.74 Å². The van der Waals surface area contributed by atoms with Crippen LogP contribution >= 0.6 is 0 Å². The van der Waals surface area contributed by atoms with Crippen molar-refractivity contribution in [2.45, 2.75) is 70.4 Å². The van der Waals surface area contributed by atoms with Gasteiger partial charge in [0.05, 0.1) is 6.10 Å². The Morgan fingerprint density at radius 3 is 2.62 bits per heavy atom. The number of nitrogens with one attached hydrogen (secondary N) is 1. The van der Waals surface area contributed by atoms with Gasteiger partial charge in [0.1, 0.15) is 0 Å². The fraction of sp³-hybridized carbons (Fsp3) is 1.00. The zero-order chi connectivity index (χ0) is 11.2. The van der Waals surface area contributed by atoms with Crippen molar-refractivity contribution in [1.82, 2.24) is 5.32 Å². The largest absolute Gasteiger partial charge is 0.378 e. The van der Waals surface area contributed by atoms with E-state index in [1.807, 2.05) is 0 Å². The van der Waals surface area contributed by atoms with Crippen molar-refractivity contribution in [3.05, 3.63) is 0 Å². The first-order valence-corrected chi connectivity index (χ1v) is 7.25. The predicted octanol–water partition coefficient (Wildman–Crippen LogP) is 3.11. The van der Waals surface area contributed by atoms with E-state index >= 15 is 0 Å². The third-order valence-electron chi connectivity index (χ3n) is 4.26. The molecule has 0 aromatic rings. The molecule has 2 fully saturated rings. The highest BCUT2D eigenvalue weighted by Crippen LogP contribution is 2.30. The van der Waals surface area contributed by atoms with E-state index in [0.29, 0.717) is 6.10 Å². The zero-order valence-corrected chi connectivity index (χ0v) is 10.7. The molecule has 0 spiro atoms. The van der Waals surface area contributed by atoms with Gasteiger partial charge in [-0.2, -0.15) is 0 Å². The summed E-state index contributed by atoms with van der Waals surface area (Å²) < 4.78 is 5.72. The summed E-state index contributed by atoms with van der Waals surface area (Å²) in [5.74, 6) is 0.946. The summed E-state index contributed by atoms with van der Waals surface area (Å²) in [7, 11) is 0. The van der Waals surface area contributed by atoms with Gasteiger partial charge in [-0.1, -0.05) is 19.8 Å². The molecule has 2 heteroatoms. The fourth-order valence-electron chi connectivity index (χ4n) is 3.36. The first-order chi connectivity index (χ1) is 7.90. The molecule has 1 heterocycles. The second-order valence-electron chi connectivity index (χ2n) is 5.42. The molecule has 1 N–H and O–H groups in total. The molecular formula is C14H27NO. The van der Waals surface area contributed by atoms with E-state index in [9.17, 15) is 0 Å². The van der Waals surface area contributed by atoms with Crippen molar-refractivity contribution >= 4 is 0 Å². The van der Waals surface area contributed by atoms with Crippen molar-refractivity contribution in [2.75, 3.05) is 13.2 Å². The van der Waals surface area contributed by atoms with Crippen LogP contribution in [0.5, 0.6) is 0 Å². The van der Waals surface area contributed by atoms with E-state index in [4.69, 9.17) is 4.74 Å². The van der Waals surface area contributed by atoms with Crippen molar-refractivity contribution in [2.24, 2.45) is 5.92 Å². The van der Waals surface area contributed by atoms with Crippen LogP contribution in [0.2, 0.25) is 0 Å². The predicted molar refractivity (Wildman–Crippen MR) is 67.6 cm³/mol. The summed E-state index contributed by atoms with van der Waals surface area (Å²) >= 11 is 0. The highest BCUT2D eigenvalue weighted by atomic mass is 16.5. The average molecular weight is 225 g/mol. The van der Waals surface area contributed by atoms with E-state index < -0.39 is 0 Å². The molecule has 2 nitrogen and oxygen atoms in total. The van der Waals surface area contributed by atoms with Gasteiger partial charge >= 0.3 is 0 Å². The molecule has 2 rings (SSSR count). The lowest BCUT2D eigenvalue weighted by atomic mass is 9.92. The monoisotopic (exact) mass is 225 g/mol. The van der Waals surface area contributed by atoms with Gasteiger partial charge in [0, 0.05) is 12.6 Å². The van der Waals surface area contributed by atoms with Gasteiger partial charge in [0.25, 0.3) is 0 Å². The molecule has 1 saturated carbocycles. The molecule has 94 valence electrons. The molecule has 0 amide bonds. The maximum absolute atomic E-state index is 5.72. The molecular weight excluding hydrogens is 198 g/mol. The number of hydrogen-bond donors (Lipinski definition) is 1. The van der Waals surface area contributed by atoms with Gasteiger partial charge < -0.3 is 10.1 Å². The van der Waals surface area contributed by atoms with Gasteiger partial charge in [-0.05, 0) is 51.0 Å². The summed E-state index contributed by atoms with van der Waals surface area (Å²) in [6.45, 7) is 4.35. The Labute approximate surface area is 100 Å². The van der Waals surface area contributed by atoms with Crippen LogP contribution in [0.15, 0.2) is 0 Å². The molecule has 2 aliphatic rings. The molecule has 1 aliphatic carbocycles. The molecule has 0 aromatic carbocycles. The molecule has 0 aromatic heterocycles. The third kappa shape index (κ3) is 3.46. The molecule has 0 bridgehead atoms. The molecule has 1 saturated heterocycles. The van der Waals surface area contributed by atoms with Gasteiger partial charge in [-0.3, -0.25) is 0 Å². The van der Waals surface area contributed by atoms with Crippen LogP contribution in [0, 0.1) is 5.92 Å². The van der Waals surface area contributed by atoms with Gasteiger partial charge in [-0.15, -0.1) is 0 Å². The van der Waals surface area contributed by atoms with E-state index in [1.54, 1.807) is 0 Å². The standard InChI is InChI=1S/C14H27NO/c1-2-15-14(12-6-3-4-7-12)10-9-13-8-5-11-16-13/h12-15H,2-11H2,1H3. The van der Waals surface area contributed by atoms with E-state index in [2.05, 4.69) is 12.2 Å². The van der Waals surface area contributed by atoms with Gasteiger partial charge in [-0.25, -0.2) is 0 Å². The summed E-state index contributed by atoms with van der Waals surface area (Å²) in [6, 6.07) is 0.761. The Kier molecular flexibility index (Phi) is 5.11. The Hall–Kier alpha value is -0.0800. The van der Waals surface area contributed by atoms with Crippen molar-refractivity contribution in [1.29, 1.82) is 0 Å². The minimum atomic E-state index is 0.572. The lowest BCUT2D eigenvalue weighted by Crippen LogP contribution is -2.35. The molecule has 1 aliphatic heterocycles. The topological polar surface area (TPSA) is 21.3 Å². The van der Waals surface area contributed by atoms with E-state index in [-0.39, 0.29) is 0 Å².